The predicted octanol–water partition coefficient (Wildman–Crippen LogP) is 4.60. The summed E-state index contributed by atoms with van der Waals surface area (Å²) in [5.41, 5.74) is 0.805. The molecule has 0 aliphatic carbocycles. The van der Waals surface area contributed by atoms with Gasteiger partial charge in [-0.15, -0.1) is 0 Å². The molecular weight excluding hydrogens is 311 g/mol. The van der Waals surface area contributed by atoms with E-state index in [-0.39, 0.29) is 21.4 Å². The van der Waals surface area contributed by atoms with Crippen molar-refractivity contribution >= 4 is 35.1 Å². The van der Waals surface area contributed by atoms with E-state index in [4.69, 9.17) is 27.9 Å². The van der Waals surface area contributed by atoms with Gasteiger partial charge in [0.05, 0.1) is 17.7 Å². The minimum atomic E-state index is -0.400. The van der Waals surface area contributed by atoms with Crippen molar-refractivity contribution in [2.45, 2.75) is 0 Å². The molecule has 0 aliphatic rings. The van der Waals surface area contributed by atoms with E-state index in [1.54, 1.807) is 19.3 Å². The Morgan fingerprint density at radius 3 is 2.67 bits per heavy atom. The van der Waals surface area contributed by atoms with Crippen LogP contribution in [-0.2, 0) is 0 Å². The highest BCUT2D eigenvalue weighted by molar-refractivity contribution is 6.36. The van der Waals surface area contributed by atoms with Crippen molar-refractivity contribution in [2.75, 3.05) is 7.11 Å². The Balaban J connectivity index is 2.32. The summed E-state index contributed by atoms with van der Waals surface area (Å²) >= 11 is 11.6. The summed E-state index contributed by atoms with van der Waals surface area (Å²) < 4.78 is 5.19. The highest BCUT2D eigenvalue weighted by atomic mass is 35.5. The van der Waals surface area contributed by atoms with E-state index < -0.39 is 5.78 Å². The van der Waals surface area contributed by atoms with Gasteiger partial charge in [-0.3, -0.25) is 4.79 Å². The molecule has 0 radical (unpaired) electrons. The lowest BCUT2D eigenvalue weighted by atomic mass is 10.1. The van der Waals surface area contributed by atoms with Crippen LogP contribution in [0.4, 0.5) is 0 Å². The highest BCUT2D eigenvalue weighted by Crippen LogP contribution is 2.31. The molecule has 2 aromatic rings. The third-order valence-corrected chi connectivity index (χ3v) is 3.35. The summed E-state index contributed by atoms with van der Waals surface area (Å²) in [7, 11) is 1.55. The normalized spacial score (nSPS) is 10.8. The monoisotopic (exact) mass is 322 g/mol. The number of halogens is 2. The number of benzene rings is 2. The number of phenolic OH excluding ortho intramolecular Hbond substituents is 1. The second-order valence-electron chi connectivity index (χ2n) is 4.22. The molecule has 5 heteroatoms. The van der Waals surface area contributed by atoms with E-state index in [1.807, 2.05) is 18.2 Å². The second-order valence-corrected chi connectivity index (χ2v) is 5.07. The van der Waals surface area contributed by atoms with Crippen LogP contribution in [-0.4, -0.2) is 18.0 Å². The molecule has 0 spiro atoms. The number of hydrogen-bond donors (Lipinski definition) is 1. The largest absolute Gasteiger partial charge is 0.506 e. The molecule has 108 valence electrons. The SMILES string of the molecule is COc1ccccc1C=CC(=O)c1cc(Cl)cc(Cl)c1O. The molecule has 0 heterocycles. The maximum Gasteiger partial charge on any atom is 0.189 e. The molecule has 0 atom stereocenters. The van der Waals surface area contributed by atoms with Gasteiger partial charge in [0.1, 0.15) is 11.5 Å². The Kier molecular flexibility index (Phi) is 4.89. The molecule has 0 fully saturated rings. The van der Waals surface area contributed by atoms with Crippen LogP contribution in [0, 0.1) is 0 Å². The molecule has 0 amide bonds. The summed E-state index contributed by atoms with van der Waals surface area (Å²) in [6, 6.07) is 10.0. The number of methoxy groups -OCH3 is 1. The van der Waals surface area contributed by atoms with Crippen LogP contribution >= 0.6 is 23.2 Å². The Labute approximate surface area is 132 Å². The topological polar surface area (TPSA) is 46.5 Å². The summed E-state index contributed by atoms with van der Waals surface area (Å²) in [4.78, 5) is 12.1. The minimum absolute atomic E-state index is 0.0385. The first-order chi connectivity index (χ1) is 10.0. The Hall–Kier alpha value is -1.97. The van der Waals surface area contributed by atoms with Crippen LogP contribution in [0.1, 0.15) is 15.9 Å². The van der Waals surface area contributed by atoms with Gasteiger partial charge in [0.25, 0.3) is 0 Å². The van der Waals surface area contributed by atoms with Crippen LogP contribution in [0.5, 0.6) is 11.5 Å². The van der Waals surface area contributed by atoms with Crippen molar-refractivity contribution in [2.24, 2.45) is 0 Å². The van der Waals surface area contributed by atoms with Crippen LogP contribution in [0.15, 0.2) is 42.5 Å². The van der Waals surface area contributed by atoms with Crippen molar-refractivity contribution in [3.8, 4) is 11.5 Å². The van der Waals surface area contributed by atoms with Crippen molar-refractivity contribution in [3.05, 3.63) is 63.6 Å². The summed E-state index contributed by atoms with van der Waals surface area (Å²) in [6.45, 7) is 0. The van der Waals surface area contributed by atoms with Gasteiger partial charge in [-0.05, 0) is 30.4 Å². The number of aromatic hydroxyl groups is 1. The Morgan fingerprint density at radius 1 is 1.24 bits per heavy atom. The summed E-state index contributed by atoms with van der Waals surface area (Å²) in [6.07, 6.45) is 2.94. The average molecular weight is 323 g/mol. The van der Waals surface area contributed by atoms with E-state index in [0.717, 1.165) is 5.56 Å². The number of ketones is 1. The molecule has 0 aromatic heterocycles. The van der Waals surface area contributed by atoms with E-state index in [2.05, 4.69) is 0 Å². The van der Waals surface area contributed by atoms with Gasteiger partial charge in [-0.1, -0.05) is 41.4 Å². The zero-order chi connectivity index (χ0) is 15.4. The van der Waals surface area contributed by atoms with E-state index in [0.29, 0.717) is 5.75 Å². The highest BCUT2D eigenvalue weighted by Gasteiger charge is 2.13. The van der Waals surface area contributed by atoms with Gasteiger partial charge >= 0.3 is 0 Å². The first-order valence-electron chi connectivity index (χ1n) is 6.06. The lowest BCUT2D eigenvalue weighted by molar-refractivity contribution is 0.104. The number of carbonyl (C=O) groups excluding carboxylic acids is 1. The van der Waals surface area contributed by atoms with Crippen molar-refractivity contribution in [1.29, 1.82) is 0 Å². The van der Waals surface area contributed by atoms with Gasteiger partial charge in [0.15, 0.2) is 5.78 Å². The van der Waals surface area contributed by atoms with Crippen molar-refractivity contribution in [1.82, 2.24) is 0 Å². The lowest BCUT2D eigenvalue weighted by Gasteiger charge is -2.05. The first-order valence-corrected chi connectivity index (χ1v) is 6.82. The molecule has 3 nitrogen and oxygen atoms in total. The molecule has 0 aliphatic heterocycles. The van der Waals surface area contributed by atoms with Crippen LogP contribution in [0.25, 0.3) is 6.08 Å². The average Bonchev–Trinajstić information content (AvgIpc) is 2.48. The standard InChI is InChI=1S/C16H12Cl2O3/c1-21-15-5-3-2-4-10(15)6-7-14(19)12-8-11(17)9-13(18)16(12)20/h2-9,20H,1H3. The van der Waals surface area contributed by atoms with E-state index >= 15 is 0 Å². The van der Waals surface area contributed by atoms with E-state index in [9.17, 15) is 9.90 Å². The van der Waals surface area contributed by atoms with Gasteiger partial charge in [0, 0.05) is 10.6 Å². The third kappa shape index (κ3) is 3.57. The van der Waals surface area contributed by atoms with Crippen LogP contribution in [0.2, 0.25) is 10.0 Å². The fourth-order valence-electron chi connectivity index (χ4n) is 1.81. The lowest BCUT2D eigenvalue weighted by Crippen LogP contribution is -1.96. The zero-order valence-corrected chi connectivity index (χ0v) is 12.7. The smallest absolute Gasteiger partial charge is 0.189 e. The molecular formula is C16H12Cl2O3. The van der Waals surface area contributed by atoms with Crippen molar-refractivity contribution in [3.63, 3.8) is 0 Å². The molecule has 1 N–H and O–H groups in total. The maximum absolute atomic E-state index is 12.1. The second kappa shape index (κ2) is 6.66. The Bertz CT molecular complexity index is 709. The van der Waals surface area contributed by atoms with Crippen LogP contribution < -0.4 is 4.74 Å². The number of hydrogen-bond acceptors (Lipinski definition) is 3. The molecule has 2 aromatic carbocycles. The third-order valence-electron chi connectivity index (χ3n) is 2.85. The van der Waals surface area contributed by atoms with Gasteiger partial charge < -0.3 is 9.84 Å². The van der Waals surface area contributed by atoms with Crippen molar-refractivity contribution < 1.29 is 14.6 Å². The number of carbonyl (C=O) groups is 1. The molecule has 0 unspecified atom stereocenters. The zero-order valence-electron chi connectivity index (χ0n) is 11.1. The van der Waals surface area contributed by atoms with Gasteiger partial charge in [0.2, 0.25) is 0 Å². The first kappa shape index (κ1) is 15.4. The van der Waals surface area contributed by atoms with E-state index in [1.165, 1.54) is 18.2 Å². The molecule has 0 saturated heterocycles. The molecule has 21 heavy (non-hydrogen) atoms. The summed E-state index contributed by atoms with van der Waals surface area (Å²) in [5, 5.41) is 10.1. The predicted molar refractivity (Wildman–Crippen MR) is 84.5 cm³/mol. The number of phenols is 1. The number of ether oxygens (including phenoxy) is 1. The fraction of sp³-hybridized carbons (Fsp3) is 0.0625. The molecule has 0 saturated carbocycles. The van der Waals surface area contributed by atoms with Gasteiger partial charge in [-0.25, -0.2) is 0 Å². The minimum Gasteiger partial charge on any atom is -0.506 e. The number of rotatable bonds is 4. The number of para-hydroxylation sites is 1. The molecule has 2 rings (SSSR count). The number of allylic oxidation sites excluding steroid dienone is 1. The van der Waals surface area contributed by atoms with Gasteiger partial charge in [-0.2, -0.15) is 0 Å². The quantitative estimate of drug-likeness (QED) is 0.660. The summed E-state index contributed by atoms with van der Waals surface area (Å²) in [5.74, 6) is -0.0338. The van der Waals surface area contributed by atoms with Crippen LogP contribution in [0.3, 0.4) is 0 Å². The maximum atomic E-state index is 12.1. The fourth-order valence-corrected chi connectivity index (χ4v) is 2.31. The Morgan fingerprint density at radius 2 is 1.95 bits per heavy atom. The molecule has 0 bridgehead atoms.